The van der Waals surface area contributed by atoms with Crippen LogP contribution in [0.5, 0.6) is 0 Å². The van der Waals surface area contributed by atoms with Gasteiger partial charge in [0.25, 0.3) is 0 Å². The van der Waals surface area contributed by atoms with Gasteiger partial charge in [-0.15, -0.1) is 0 Å². The second-order valence-electron chi connectivity index (χ2n) is 24.8. The van der Waals surface area contributed by atoms with Gasteiger partial charge in [-0.05, 0) is 96.3 Å². The summed E-state index contributed by atoms with van der Waals surface area (Å²) >= 11 is 0. The molecule has 9 nitrogen and oxygen atoms in total. The van der Waals surface area contributed by atoms with E-state index in [0.717, 1.165) is 77.0 Å². The molecular weight excluding hydrogens is 1050 g/mol. The highest BCUT2D eigenvalue weighted by Crippen LogP contribution is 2.17. The topological polar surface area (TPSA) is 111 Å². The van der Waals surface area contributed by atoms with Crippen LogP contribution in [0.3, 0.4) is 0 Å². The van der Waals surface area contributed by atoms with Crippen LogP contribution < -0.4 is 5.11 Å². The maximum atomic E-state index is 12.9. The molecule has 0 spiro atoms. The number of carbonyl (C=O) groups excluding carboxylic acids is 3. The molecule has 0 aromatic rings. The van der Waals surface area contributed by atoms with Crippen molar-refractivity contribution in [1.29, 1.82) is 0 Å². The third kappa shape index (κ3) is 67.6. The monoisotopic (exact) mass is 1190 g/mol. The van der Waals surface area contributed by atoms with Gasteiger partial charge in [-0.3, -0.25) is 9.59 Å². The van der Waals surface area contributed by atoms with Gasteiger partial charge in [-0.2, -0.15) is 0 Å². The Bertz CT molecular complexity index is 1720. The number of carbonyl (C=O) groups is 3. The average Bonchev–Trinajstić information content (AvgIpc) is 3.49. The summed E-state index contributed by atoms with van der Waals surface area (Å²) in [5.41, 5.74) is 0. The Morgan fingerprint density at radius 1 is 0.365 bits per heavy atom. The first-order chi connectivity index (χ1) is 41.6. The molecule has 0 radical (unpaired) electrons. The standard InChI is InChI=1S/C76H133NO8/c1-6-8-10-12-14-16-18-20-22-24-26-27-28-29-30-31-32-33-34-35-36-37-38-39-40-41-42-43-44-45-46-47-49-51-53-55-57-59-61-63-65-67-74(79)85-72(71-84-76(75(80)81)82-69-68-77(3,4)5)70-83-73(78)66-64-62-60-58-56-54-52-50-48-25-23-21-19-17-15-13-11-9-7-2/h8,10,14,16,20-23,26-27,29-30,32-33,35-36,72,76H,6-7,9,11-13,15,17-19,24-25,28,31,34,37-71H2,1-5H3/b10-8-,16-14-,22-20-,23-21-,27-26-,30-29-,33-32-,36-35-. The Balaban J connectivity index is 4.02. The van der Waals surface area contributed by atoms with Gasteiger partial charge in [0.2, 0.25) is 0 Å². The number of allylic oxidation sites excluding steroid dienone is 16. The number of likely N-dealkylation sites (N-methyl/N-ethyl adjacent to an activating group) is 1. The number of ether oxygens (including phenoxy) is 4. The molecule has 0 N–H and O–H groups in total. The molecule has 0 bridgehead atoms. The molecule has 0 aromatic heterocycles. The van der Waals surface area contributed by atoms with Crippen LogP contribution in [0.2, 0.25) is 0 Å². The van der Waals surface area contributed by atoms with Crippen molar-refractivity contribution in [2.24, 2.45) is 0 Å². The minimum Gasteiger partial charge on any atom is -0.545 e. The number of aliphatic carboxylic acids is 1. The fraction of sp³-hybridized carbons (Fsp3) is 0.750. The number of carboxylic acid groups (broad SMARTS) is 1. The third-order valence-electron chi connectivity index (χ3n) is 15.3. The molecule has 0 saturated heterocycles. The maximum absolute atomic E-state index is 12.9. The van der Waals surface area contributed by atoms with Crippen LogP contribution in [0.25, 0.3) is 0 Å². The van der Waals surface area contributed by atoms with E-state index >= 15 is 0 Å². The van der Waals surface area contributed by atoms with Crippen molar-refractivity contribution >= 4 is 17.9 Å². The SMILES string of the molecule is CC/C=C\C/C=C\C/C=C\C/C=C\C/C=C\C/C=C\C/C=C\CCCCCCCCCCCCCCCCCCCCCC(=O)OC(COC(=O)CCCCCCCCCCC/C=C\CCCCCCCC)COC(OCC[N+](C)(C)C)C(=O)[O-]. The number of hydrogen-bond acceptors (Lipinski definition) is 8. The van der Waals surface area contributed by atoms with Crippen LogP contribution in [0, 0.1) is 0 Å². The zero-order valence-corrected chi connectivity index (χ0v) is 56.0. The summed E-state index contributed by atoms with van der Waals surface area (Å²) in [4.78, 5) is 37.4. The Hall–Kier alpha value is -3.79. The predicted octanol–water partition coefficient (Wildman–Crippen LogP) is 20.7. The van der Waals surface area contributed by atoms with Crippen molar-refractivity contribution in [2.45, 2.75) is 322 Å². The van der Waals surface area contributed by atoms with E-state index in [2.05, 4.69) is 111 Å². The van der Waals surface area contributed by atoms with E-state index in [4.69, 9.17) is 18.9 Å². The molecule has 9 heteroatoms. The molecule has 2 atom stereocenters. The second-order valence-corrected chi connectivity index (χ2v) is 24.8. The van der Waals surface area contributed by atoms with Crippen LogP contribution in [-0.4, -0.2) is 82.3 Å². The molecule has 2 unspecified atom stereocenters. The first kappa shape index (κ1) is 81.2. The second kappa shape index (κ2) is 66.2. The van der Waals surface area contributed by atoms with Gasteiger partial charge in [-0.1, -0.05) is 297 Å². The van der Waals surface area contributed by atoms with Gasteiger partial charge in [0.15, 0.2) is 12.4 Å². The van der Waals surface area contributed by atoms with E-state index in [1.54, 1.807) is 0 Å². The first-order valence-electron chi connectivity index (χ1n) is 35.4. The van der Waals surface area contributed by atoms with E-state index in [1.807, 2.05) is 21.1 Å². The van der Waals surface area contributed by atoms with Crippen LogP contribution in [0.4, 0.5) is 0 Å². The Morgan fingerprint density at radius 3 is 1.01 bits per heavy atom. The highest BCUT2D eigenvalue weighted by molar-refractivity contribution is 5.70. The van der Waals surface area contributed by atoms with E-state index < -0.39 is 24.3 Å². The molecule has 0 aliphatic carbocycles. The summed E-state index contributed by atoms with van der Waals surface area (Å²) in [7, 11) is 5.93. The van der Waals surface area contributed by atoms with Gasteiger partial charge in [0.1, 0.15) is 13.2 Å². The lowest BCUT2D eigenvalue weighted by molar-refractivity contribution is -0.870. The number of carboxylic acids is 1. The molecule has 0 heterocycles. The minimum absolute atomic E-state index is 0.147. The van der Waals surface area contributed by atoms with Gasteiger partial charge in [0, 0.05) is 12.8 Å². The van der Waals surface area contributed by atoms with Gasteiger partial charge in [-0.25, -0.2) is 0 Å². The van der Waals surface area contributed by atoms with Crippen LogP contribution in [-0.2, 0) is 33.3 Å². The Morgan fingerprint density at radius 2 is 0.671 bits per heavy atom. The molecule has 0 aliphatic heterocycles. The van der Waals surface area contributed by atoms with Crippen molar-refractivity contribution < 1.29 is 42.9 Å². The van der Waals surface area contributed by atoms with Gasteiger partial charge < -0.3 is 33.3 Å². The summed E-state index contributed by atoms with van der Waals surface area (Å²) in [6.45, 7) is 4.66. The lowest BCUT2D eigenvalue weighted by atomic mass is 10.0. The first-order valence-corrected chi connectivity index (χ1v) is 35.4. The summed E-state index contributed by atoms with van der Waals surface area (Å²) in [5, 5.41) is 11.8. The zero-order chi connectivity index (χ0) is 61.9. The number of nitrogens with zero attached hydrogens (tertiary/aromatic N) is 1. The van der Waals surface area contributed by atoms with E-state index in [-0.39, 0.29) is 32.2 Å². The van der Waals surface area contributed by atoms with E-state index in [1.165, 1.54) is 199 Å². The number of unbranched alkanes of at least 4 members (excludes halogenated alkanes) is 34. The quantitative estimate of drug-likeness (QED) is 0.0195. The molecular formula is C76H133NO8. The minimum atomic E-state index is -1.62. The molecule has 0 rings (SSSR count). The zero-order valence-electron chi connectivity index (χ0n) is 56.0. The van der Waals surface area contributed by atoms with E-state index in [0.29, 0.717) is 23.9 Å². The molecule has 0 saturated carbocycles. The van der Waals surface area contributed by atoms with Gasteiger partial charge in [0.05, 0.1) is 40.3 Å². The van der Waals surface area contributed by atoms with Crippen molar-refractivity contribution in [3.05, 3.63) is 97.2 Å². The highest BCUT2D eigenvalue weighted by Gasteiger charge is 2.22. The molecule has 0 aliphatic rings. The number of rotatable bonds is 65. The van der Waals surface area contributed by atoms with E-state index in [9.17, 15) is 19.5 Å². The maximum Gasteiger partial charge on any atom is 0.306 e. The highest BCUT2D eigenvalue weighted by atomic mass is 16.7. The lowest BCUT2D eigenvalue weighted by Gasteiger charge is -2.26. The summed E-state index contributed by atoms with van der Waals surface area (Å²) in [6, 6.07) is 0. The van der Waals surface area contributed by atoms with Crippen LogP contribution >= 0.6 is 0 Å². The lowest BCUT2D eigenvalue weighted by Crippen LogP contribution is -2.44. The Labute approximate surface area is 524 Å². The number of esters is 2. The summed E-state index contributed by atoms with van der Waals surface area (Å²) < 4.78 is 22.8. The van der Waals surface area contributed by atoms with Gasteiger partial charge >= 0.3 is 11.9 Å². The Kier molecular flexibility index (Phi) is 63.2. The molecule has 490 valence electrons. The summed E-state index contributed by atoms with van der Waals surface area (Å²) in [5.74, 6) is -2.27. The van der Waals surface area contributed by atoms with Crippen molar-refractivity contribution in [3.63, 3.8) is 0 Å². The normalized spacial score (nSPS) is 13.3. The molecule has 85 heavy (non-hydrogen) atoms. The molecule has 0 aromatic carbocycles. The smallest absolute Gasteiger partial charge is 0.306 e. The molecule has 0 fully saturated rings. The van der Waals surface area contributed by atoms with Crippen LogP contribution in [0.1, 0.15) is 309 Å². The third-order valence-corrected chi connectivity index (χ3v) is 15.3. The largest absolute Gasteiger partial charge is 0.545 e. The molecule has 0 amide bonds. The van der Waals surface area contributed by atoms with Crippen molar-refractivity contribution in [3.8, 4) is 0 Å². The summed E-state index contributed by atoms with van der Waals surface area (Å²) in [6.07, 6.45) is 87.8. The van der Waals surface area contributed by atoms with Crippen molar-refractivity contribution in [2.75, 3.05) is 47.5 Å². The number of quaternary nitrogens is 1. The average molecular weight is 1190 g/mol. The fourth-order valence-electron chi connectivity index (χ4n) is 9.93. The number of hydrogen-bond donors (Lipinski definition) is 0. The predicted molar refractivity (Wildman–Crippen MR) is 361 cm³/mol. The van der Waals surface area contributed by atoms with Crippen molar-refractivity contribution in [1.82, 2.24) is 0 Å². The van der Waals surface area contributed by atoms with Crippen LogP contribution in [0.15, 0.2) is 97.2 Å². The fourth-order valence-corrected chi connectivity index (χ4v) is 9.93.